The molecule has 0 bridgehead atoms. The molecule has 1 fully saturated rings. The Kier molecular flexibility index (Phi) is 5.22. The lowest BCUT2D eigenvalue weighted by Gasteiger charge is -2.12. The summed E-state index contributed by atoms with van der Waals surface area (Å²) in [7, 11) is 1.56. The lowest BCUT2D eigenvalue weighted by Crippen LogP contribution is -2.18. The summed E-state index contributed by atoms with van der Waals surface area (Å²) in [5, 5.41) is 10.9. The van der Waals surface area contributed by atoms with E-state index in [-0.39, 0.29) is 29.6 Å². The summed E-state index contributed by atoms with van der Waals surface area (Å²) in [6.45, 7) is 1.18. The van der Waals surface area contributed by atoms with E-state index in [1.807, 2.05) is 12.1 Å². The lowest BCUT2D eigenvalue weighted by molar-refractivity contribution is -0.144. The maximum Gasteiger partial charge on any atom is 0.451 e. The first-order valence-corrected chi connectivity index (χ1v) is 9.11. The highest BCUT2D eigenvalue weighted by atomic mass is 19.4. The number of hydrogen-bond donors (Lipinski definition) is 1. The normalized spacial score (nSPS) is 17.0. The zero-order valence-electron chi connectivity index (χ0n) is 15.6. The minimum absolute atomic E-state index is 0.0169. The highest BCUT2D eigenvalue weighted by molar-refractivity contribution is 5.82. The number of ether oxygens (including phenoxy) is 2. The van der Waals surface area contributed by atoms with Crippen LogP contribution in [0.2, 0.25) is 0 Å². The highest BCUT2D eigenvalue weighted by Gasteiger charge is 2.36. The molecule has 8 nitrogen and oxygen atoms in total. The van der Waals surface area contributed by atoms with E-state index in [0.717, 1.165) is 18.4 Å². The average molecular weight is 408 g/mol. The van der Waals surface area contributed by atoms with Crippen LogP contribution >= 0.6 is 0 Å². The molecule has 154 valence electrons. The van der Waals surface area contributed by atoms with Crippen LogP contribution in [-0.4, -0.2) is 44.8 Å². The minimum Gasteiger partial charge on any atom is -0.497 e. The molecule has 3 aromatic rings. The summed E-state index contributed by atoms with van der Waals surface area (Å²) in [6.07, 6.45) is -3.07. The van der Waals surface area contributed by atoms with E-state index in [2.05, 4.69) is 25.6 Å². The quantitative estimate of drug-likeness (QED) is 0.671. The van der Waals surface area contributed by atoms with Gasteiger partial charge in [0.25, 0.3) is 0 Å². The zero-order valence-corrected chi connectivity index (χ0v) is 15.6. The van der Waals surface area contributed by atoms with Crippen LogP contribution in [0.1, 0.15) is 24.2 Å². The minimum atomic E-state index is -4.69. The van der Waals surface area contributed by atoms with Crippen LogP contribution in [0, 0.1) is 0 Å². The Morgan fingerprint density at radius 3 is 2.69 bits per heavy atom. The lowest BCUT2D eigenvalue weighted by atomic mass is 10.2. The van der Waals surface area contributed by atoms with Crippen molar-refractivity contribution in [1.29, 1.82) is 0 Å². The van der Waals surface area contributed by atoms with E-state index < -0.39 is 12.0 Å². The number of anilines is 1. The Hall–Kier alpha value is -2.95. The Morgan fingerprint density at radius 2 is 2.03 bits per heavy atom. The van der Waals surface area contributed by atoms with E-state index in [1.54, 1.807) is 19.2 Å². The van der Waals surface area contributed by atoms with Gasteiger partial charge in [0.1, 0.15) is 5.75 Å². The predicted molar refractivity (Wildman–Crippen MR) is 97.4 cm³/mol. The molecule has 1 aromatic carbocycles. The van der Waals surface area contributed by atoms with Crippen LogP contribution < -0.4 is 10.1 Å². The van der Waals surface area contributed by atoms with Gasteiger partial charge < -0.3 is 14.8 Å². The average Bonchev–Trinajstić information content (AvgIpc) is 3.36. The van der Waals surface area contributed by atoms with Crippen molar-refractivity contribution in [3.8, 4) is 5.75 Å². The maximum absolute atomic E-state index is 13.3. The third-order valence-electron chi connectivity index (χ3n) is 4.64. The predicted octanol–water partition coefficient (Wildman–Crippen LogP) is 3.04. The molecule has 0 aliphatic carbocycles. The molecular formula is C18H19F3N6O2. The molecular weight excluding hydrogens is 389 g/mol. The number of alkyl halides is 3. The van der Waals surface area contributed by atoms with Crippen LogP contribution in [0.15, 0.2) is 24.3 Å². The maximum atomic E-state index is 13.3. The van der Waals surface area contributed by atoms with Crippen molar-refractivity contribution in [2.75, 3.05) is 19.0 Å². The summed E-state index contributed by atoms with van der Waals surface area (Å²) >= 11 is 0. The van der Waals surface area contributed by atoms with Crippen molar-refractivity contribution in [2.45, 2.75) is 38.2 Å². The number of halogens is 3. The Morgan fingerprint density at radius 1 is 1.24 bits per heavy atom. The standard InChI is InChI=1S/C18H19F3N6O2/c1-28-12-6-4-11(5-7-12)9-22-15-14-16(24-17(23-15)18(19,20)21)27(26-25-14)10-13-3-2-8-29-13/h4-7,13H,2-3,8-10H2,1H3,(H,22,23,24)/t13-/m1/s1. The second-order valence-electron chi connectivity index (χ2n) is 6.67. The van der Waals surface area contributed by atoms with Gasteiger partial charge in [-0.2, -0.15) is 13.2 Å². The molecule has 0 amide bonds. The van der Waals surface area contributed by atoms with Gasteiger partial charge in [-0.1, -0.05) is 17.3 Å². The number of methoxy groups -OCH3 is 1. The fourth-order valence-electron chi connectivity index (χ4n) is 3.14. The largest absolute Gasteiger partial charge is 0.497 e. The van der Waals surface area contributed by atoms with Crippen molar-refractivity contribution in [1.82, 2.24) is 25.0 Å². The van der Waals surface area contributed by atoms with Crippen LogP contribution in [0.25, 0.3) is 11.2 Å². The molecule has 29 heavy (non-hydrogen) atoms. The van der Waals surface area contributed by atoms with Crippen molar-refractivity contribution in [3.05, 3.63) is 35.7 Å². The first-order chi connectivity index (χ1) is 13.9. The van der Waals surface area contributed by atoms with Gasteiger partial charge in [-0.3, -0.25) is 0 Å². The third kappa shape index (κ3) is 4.24. The molecule has 0 radical (unpaired) electrons. The number of hydrogen-bond acceptors (Lipinski definition) is 7. The van der Waals surface area contributed by atoms with Gasteiger partial charge in [-0.25, -0.2) is 14.6 Å². The molecule has 0 spiro atoms. The van der Waals surface area contributed by atoms with Gasteiger partial charge in [0.2, 0.25) is 5.82 Å². The molecule has 1 atom stereocenters. The van der Waals surface area contributed by atoms with Gasteiger partial charge in [0.15, 0.2) is 17.0 Å². The van der Waals surface area contributed by atoms with Gasteiger partial charge in [0, 0.05) is 13.2 Å². The first-order valence-electron chi connectivity index (χ1n) is 9.11. The number of nitrogens with zero attached hydrogens (tertiary/aromatic N) is 5. The van der Waals surface area contributed by atoms with Crippen LogP contribution in [-0.2, 0) is 24.0 Å². The van der Waals surface area contributed by atoms with E-state index in [4.69, 9.17) is 9.47 Å². The van der Waals surface area contributed by atoms with Crippen molar-refractivity contribution < 1.29 is 22.6 Å². The monoisotopic (exact) mass is 408 g/mol. The second kappa shape index (κ2) is 7.82. The van der Waals surface area contributed by atoms with E-state index >= 15 is 0 Å². The summed E-state index contributed by atoms with van der Waals surface area (Å²) in [6, 6.07) is 7.16. The number of benzene rings is 1. The zero-order chi connectivity index (χ0) is 20.4. The molecule has 11 heteroatoms. The Balaban J connectivity index is 1.64. The summed E-state index contributed by atoms with van der Waals surface area (Å²) in [4.78, 5) is 7.32. The van der Waals surface area contributed by atoms with Gasteiger partial charge in [-0.05, 0) is 30.5 Å². The van der Waals surface area contributed by atoms with Gasteiger partial charge in [0.05, 0.1) is 19.8 Å². The molecule has 3 heterocycles. The third-order valence-corrected chi connectivity index (χ3v) is 4.64. The van der Waals surface area contributed by atoms with E-state index in [1.165, 1.54) is 4.68 Å². The topological polar surface area (TPSA) is 87.0 Å². The smallest absolute Gasteiger partial charge is 0.451 e. The molecule has 1 aliphatic heterocycles. The molecule has 1 aliphatic rings. The summed E-state index contributed by atoms with van der Waals surface area (Å²) in [5.41, 5.74) is 1.06. The summed E-state index contributed by atoms with van der Waals surface area (Å²) in [5.74, 6) is -0.565. The molecule has 4 rings (SSSR count). The Bertz CT molecular complexity index is 984. The van der Waals surface area contributed by atoms with Crippen molar-refractivity contribution >= 4 is 17.0 Å². The van der Waals surface area contributed by atoms with Gasteiger partial charge in [-0.15, -0.1) is 5.10 Å². The molecule has 1 saturated heterocycles. The van der Waals surface area contributed by atoms with E-state index in [0.29, 0.717) is 18.9 Å². The van der Waals surface area contributed by atoms with Crippen LogP contribution in [0.3, 0.4) is 0 Å². The highest BCUT2D eigenvalue weighted by Crippen LogP contribution is 2.30. The number of rotatable bonds is 6. The number of fused-ring (bicyclic) bond motifs is 1. The first kappa shape index (κ1) is 19.4. The van der Waals surface area contributed by atoms with Crippen molar-refractivity contribution in [3.63, 3.8) is 0 Å². The van der Waals surface area contributed by atoms with Crippen LogP contribution in [0.4, 0.5) is 19.0 Å². The summed E-state index contributed by atoms with van der Waals surface area (Å²) < 4.78 is 52.0. The molecule has 1 N–H and O–H groups in total. The number of aromatic nitrogens is 5. The molecule has 2 aromatic heterocycles. The molecule has 0 unspecified atom stereocenters. The molecule has 0 saturated carbocycles. The number of nitrogens with one attached hydrogen (secondary N) is 1. The van der Waals surface area contributed by atoms with Gasteiger partial charge >= 0.3 is 6.18 Å². The SMILES string of the molecule is COc1ccc(CNc2nc(C(F)(F)F)nc3c2nnn3C[C@H]2CCCO2)cc1. The van der Waals surface area contributed by atoms with Crippen molar-refractivity contribution in [2.24, 2.45) is 0 Å². The Labute approximate surface area is 164 Å². The van der Waals surface area contributed by atoms with E-state index in [9.17, 15) is 13.2 Å². The fraction of sp³-hybridized carbons (Fsp3) is 0.444. The van der Waals surface area contributed by atoms with Crippen LogP contribution in [0.5, 0.6) is 5.75 Å². The fourth-order valence-corrected chi connectivity index (χ4v) is 3.14. The second-order valence-corrected chi connectivity index (χ2v) is 6.67.